The molecule has 1 rings (SSSR count). The first-order valence-electron chi connectivity index (χ1n) is 4.67. The minimum absolute atomic E-state index is 0.0320. The third-order valence-electron chi connectivity index (χ3n) is 2.10. The van der Waals surface area contributed by atoms with Crippen LogP contribution in [-0.2, 0) is 0 Å². The van der Waals surface area contributed by atoms with Crippen LogP contribution in [-0.4, -0.2) is 12.1 Å². The summed E-state index contributed by atoms with van der Waals surface area (Å²) >= 11 is 0. The van der Waals surface area contributed by atoms with Crippen LogP contribution in [0, 0.1) is 11.8 Å². The van der Waals surface area contributed by atoms with E-state index in [1.54, 1.807) is 26.4 Å². The number of rotatable bonds is 4. The fourth-order valence-corrected chi connectivity index (χ4v) is 1.31. The molecule has 3 N–H and O–H groups in total. The van der Waals surface area contributed by atoms with Crippen molar-refractivity contribution in [2.45, 2.75) is 19.4 Å². The fraction of sp³-hybridized carbons (Fsp3) is 0.364. The van der Waals surface area contributed by atoms with Crippen LogP contribution in [0.5, 0.6) is 5.75 Å². The van der Waals surface area contributed by atoms with Crippen molar-refractivity contribution in [2.75, 3.05) is 7.11 Å². The van der Waals surface area contributed by atoms with E-state index >= 15 is 0 Å². The molecule has 0 saturated heterocycles. The zero-order chi connectivity index (χ0) is 11.1. The van der Waals surface area contributed by atoms with E-state index in [1.807, 2.05) is 6.07 Å². The van der Waals surface area contributed by atoms with Gasteiger partial charge >= 0.3 is 0 Å². The van der Waals surface area contributed by atoms with E-state index in [9.17, 15) is 0 Å². The molecule has 0 fully saturated rings. The van der Waals surface area contributed by atoms with Gasteiger partial charge in [-0.05, 0) is 13.0 Å². The average Bonchev–Trinajstić information content (AvgIpc) is 2.30. The van der Waals surface area contributed by atoms with Crippen LogP contribution in [0.25, 0.3) is 0 Å². The zero-order valence-corrected chi connectivity index (χ0v) is 8.95. The molecule has 0 radical (unpaired) electrons. The van der Waals surface area contributed by atoms with Crippen molar-refractivity contribution < 1.29 is 4.74 Å². The molecule has 15 heavy (non-hydrogen) atoms. The Kier molecular flexibility index (Phi) is 4.61. The van der Waals surface area contributed by atoms with Crippen molar-refractivity contribution >= 4 is 0 Å². The second-order valence-electron chi connectivity index (χ2n) is 2.97. The number of nitrogens with zero attached hydrogens (tertiary/aromatic N) is 1. The summed E-state index contributed by atoms with van der Waals surface area (Å²) in [6, 6.07) is 1.84. The smallest absolute Gasteiger partial charge is 0.141 e. The molecule has 0 saturated carbocycles. The SMILES string of the molecule is CC#CCC(NN)c1ccncc1OC. The topological polar surface area (TPSA) is 60.2 Å². The predicted octanol–water partition coefficient (Wildman–Crippen LogP) is 1.01. The summed E-state index contributed by atoms with van der Waals surface area (Å²) in [4.78, 5) is 3.98. The minimum atomic E-state index is -0.0320. The van der Waals surface area contributed by atoms with Crippen LogP contribution < -0.4 is 16.0 Å². The largest absolute Gasteiger partial charge is 0.495 e. The van der Waals surface area contributed by atoms with Gasteiger partial charge in [0.05, 0.1) is 19.3 Å². The second kappa shape index (κ2) is 6.02. The lowest BCUT2D eigenvalue weighted by Crippen LogP contribution is -2.28. The monoisotopic (exact) mass is 205 g/mol. The molecule has 0 amide bonds. The third kappa shape index (κ3) is 2.94. The minimum Gasteiger partial charge on any atom is -0.495 e. The number of pyridine rings is 1. The standard InChI is InChI=1S/C11H15N3O/c1-3-4-5-10(14-12)9-6-7-13-8-11(9)15-2/h6-8,10,14H,5,12H2,1-2H3. The van der Waals surface area contributed by atoms with Crippen LogP contribution in [0.3, 0.4) is 0 Å². The Morgan fingerprint density at radius 1 is 1.67 bits per heavy atom. The first-order chi connectivity index (χ1) is 7.33. The van der Waals surface area contributed by atoms with E-state index in [4.69, 9.17) is 10.6 Å². The van der Waals surface area contributed by atoms with Crippen LogP contribution in [0.1, 0.15) is 24.9 Å². The molecule has 4 nitrogen and oxygen atoms in total. The Bertz CT molecular complexity index is 368. The van der Waals surface area contributed by atoms with Crippen LogP contribution >= 0.6 is 0 Å². The molecule has 1 aromatic heterocycles. The predicted molar refractivity (Wildman–Crippen MR) is 58.9 cm³/mol. The van der Waals surface area contributed by atoms with Crippen molar-refractivity contribution in [3.05, 3.63) is 24.0 Å². The lowest BCUT2D eigenvalue weighted by molar-refractivity contribution is 0.398. The van der Waals surface area contributed by atoms with Gasteiger partial charge in [-0.25, -0.2) is 0 Å². The highest BCUT2D eigenvalue weighted by atomic mass is 16.5. The Balaban J connectivity index is 2.93. The molecule has 1 atom stereocenters. The summed E-state index contributed by atoms with van der Waals surface area (Å²) < 4.78 is 5.20. The van der Waals surface area contributed by atoms with Gasteiger partial charge in [0.15, 0.2) is 0 Å². The maximum absolute atomic E-state index is 5.48. The molecule has 0 bridgehead atoms. The number of ether oxygens (including phenoxy) is 1. The van der Waals surface area contributed by atoms with Crippen molar-refractivity contribution in [2.24, 2.45) is 5.84 Å². The third-order valence-corrected chi connectivity index (χ3v) is 2.10. The fourth-order valence-electron chi connectivity index (χ4n) is 1.31. The van der Waals surface area contributed by atoms with Gasteiger partial charge < -0.3 is 4.74 Å². The summed E-state index contributed by atoms with van der Waals surface area (Å²) in [7, 11) is 1.61. The number of methoxy groups -OCH3 is 1. The number of nitrogens with two attached hydrogens (primary N) is 1. The van der Waals surface area contributed by atoms with E-state index in [-0.39, 0.29) is 6.04 Å². The van der Waals surface area contributed by atoms with Crippen molar-refractivity contribution in [3.8, 4) is 17.6 Å². The van der Waals surface area contributed by atoms with Gasteiger partial charge in [0, 0.05) is 18.2 Å². The number of aromatic nitrogens is 1. The maximum atomic E-state index is 5.48. The molecule has 4 heteroatoms. The van der Waals surface area contributed by atoms with Gasteiger partial charge in [0.2, 0.25) is 0 Å². The maximum Gasteiger partial charge on any atom is 0.141 e. The van der Waals surface area contributed by atoms with E-state index in [0.29, 0.717) is 6.42 Å². The Labute approximate surface area is 89.8 Å². The Morgan fingerprint density at radius 2 is 2.47 bits per heavy atom. The van der Waals surface area contributed by atoms with Gasteiger partial charge in [0.1, 0.15) is 5.75 Å². The van der Waals surface area contributed by atoms with Crippen LogP contribution in [0.15, 0.2) is 18.5 Å². The summed E-state index contributed by atoms with van der Waals surface area (Å²) in [5, 5.41) is 0. The van der Waals surface area contributed by atoms with E-state index in [0.717, 1.165) is 11.3 Å². The normalized spacial score (nSPS) is 11.4. The molecular weight excluding hydrogens is 190 g/mol. The molecule has 0 aliphatic heterocycles. The molecule has 0 aliphatic carbocycles. The lowest BCUT2D eigenvalue weighted by atomic mass is 10.1. The Hall–Kier alpha value is -1.57. The van der Waals surface area contributed by atoms with Crippen molar-refractivity contribution in [1.29, 1.82) is 0 Å². The summed E-state index contributed by atoms with van der Waals surface area (Å²) in [5.74, 6) is 12.0. The highest BCUT2D eigenvalue weighted by Gasteiger charge is 2.13. The average molecular weight is 205 g/mol. The summed E-state index contributed by atoms with van der Waals surface area (Å²) in [6.45, 7) is 1.80. The first kappa shape index (κ1) is 11.5. The molecule has 0 aliphatic rings. The van der Waals surface area contributed by atoms with Crippen LogP contribution in [0.2, 0.25) is 0 Å². The zero-order valence-electron chi connectivity index (χ0n) is 8.95. The molecular formula is C11H15N3O. The number of hydrogen-bond acceptors (Lipinski definition) is 4. The van der Waals surface area contributed by atoms with E-state index < -0.39 is 0 Å². The Morgan fingerprint density at radius 3 is 3.07 bits per heavy atom. The summed E-state index contributed by atoms with van der Waals surface area (Å²) in [6.07, 6.45) is 4.02. The van der Waals surface area contributed by atoms with Crippen LogP contribution in [0.4, 0.5) is 0 Å². The molecule has 0 aromatic carbocycles. The van der Waals surface area contributed by atoms with E-state index in [1.165, 1.54) is 0 Å². The van der Waals surface area contributed by atoms with Gasteiger partial charge in [-0.2, -0.15) is 0 Å². The number of hydrogen-bond donors (Lipinski definition) is 2. The highest BCUT2D eigenvalue weighted by molar-refractivity contribution is 5.33. The summed E-state index contributed by atoms with van der Waals surface area (Å²) in [5.41, 5.74) is 3.69. The lowest BCUT2D eigenvalue weighted by Gasteiger charge is -2.16. The van der Waals surface area contributed by atoms with Crippen molar-refractivity contribution in [1.82, 2.24) is 10.4 Å². The molecule has 1 heterocycles. The highest BCUT2D eigenvalue weighted by Crippen LogP contribution is 2.24. The molecule has 80 valence electrons. The number of hydrazine groups is 1. The molecule has 1 aromatic rings. The van der Waals surface area contributed by atoms with Gasteiger partial charge in [-0.15, -0.1) is 11.8 Å². The van der Waals surface area contributed by atoms with Gasteiger partial charge in [-0.3, -0.25) is 16.3 Å². The molecule has 0 spiro atoms. The van der Waals surface area contributed by atoms with Crippen molar-refractivity contribution in [3.63, 3.8) is 0 Å². The van der Waals surface area contributed by atoms with Gasteiger partial charge in [0.25, 0.3) is 0 Å². The first-order valence-corrected chi connectivity index (χ1v) is 4.67. The van der Waals surface area contributed by atoms with E-state index in [2.05, 4.69) is 22.3 Å². The quantitative estimate of drug-likeness (QED) is 0.437. The molecule has 1 unspecified atom stereocenters. The van der Waals surface area contributed by atoms with Gasteiger partial charge in [-0.1, -0.05) is 0 Å². The second-order valence-corrected chi connectivity index (χ2v) is 2.97. The number of nitrogens with one attached hydrogen (secondary N) is 1.